The second-order valence-electron chi connectivity index (χ2n) is 8.54. The molecule has 3 heterocycles. The summed E-state index contributed by atoms with van der Waals surface area (Å²) in [4.78, 5) is 13.5. The molecule has 4 aromatic rings. The van der Waals surface area contributed by atoms with Gasteiger partial charge in [0.1, 0.15) is 18.2 Å². The zero-order valence-electron chi connectivity index (χ0n) is 20.4. The summed E-state index contributed by atoms with van der Waals surface area (Å²) in [6.07, 6.45) is 5.26. The fourth-order valence-corrected chi connectivity index (χ4v) is 3.53. The third-order valence-corrected chi connectivity index (χ3v) is 5.43. The van der Waals surface area contributed by atoms with Crippen LogP contribution in [0.25, 0.3) is 16.6 Å². The van der Waals surface area contributed by atoms with Gasteiger partial charge in [-0.2, -0.15) is 5.10 Å². The van der Waals surface area contributed by atoms with Gasteiger partial charge in [-0.1, -0.05) is 26.0 Å². The van der Waals surface area contributed by atoms with Gasteiger partial charge in [-0.3, -0.25) is 9.98 Å². The molecule has 0 saturated heterocycles. The molecule has 3 aromatic heterocycles. The van der Waals surface area contributed by atoms with Crippen LogP contribution in [0.15, 0.2) is 71.6 Å². The molecule has 0 bridgehead atoms. The van der Waals surface area contributed by atoms with E-state index in [0.29, 0.717) is 23.3 Å². The van der Waals surface area contributed by atoms with Gasteiger partial charge in [0.15, 0.2) is 5.82 Å². The van der Waals surface area contributed by atoms with E-state index >= 15 is 0 Å². The number of anilines is 2. The van der Waals surface area contributed by atoms with Crippen molar-refractivity contribution in [2.24, 2.45) is 10.7 Å². The normalized spacial score (nSPS) is 12.3. The van der Waals surface area contributed by atoms with Crippen molar-refractivity contribution in [2.45, 2.75) is 26.7 Å². The summed E-state index contributed by atoms with van der Waals surface area (Å²) in [5.41, 5.74) is 12.2. The SMILES string of the molecule is CN=CC(=C(N)COc1cccc(C)c1)c1cnc2ccc(Nc3cc(C(C)C)cnn3)nc2c1. The number of rotatable bonds is 8. The zero-order chi connectivity index (χ0) is 24.8. The number of nitrogens with two attached hydrogens (primary N) is 1. The van der Waals surface area contributed by atoms with Crippen LogP contribution in [-0.4, -0.2) is 40.0 Å². The van der Waals surface area contributed by atoms with Gasteiger partial charge in [0, 0.05) is 30.6 Å². The monoisotopic (exact) mass is 467 g/mol. The van der Waals surface area contributed by atoms with Crippen LogP contribution in [0, 0.1) is 6.92 Å². The molecule has 8 heteroatoms. The van der Waals surface area contributed by atoms with Gasteiger partial charge in [-0.15, -0.1) is 5.10 Å². The predicted molar refractivity (Wildman–Crippen MR) is 141 cm³/mol. The number of allylic oxidation sites excluding steroid dienone is 1. The van der Waals surface area contributed by atoms with Gasteiger partial charge in [-0.05, 0) is 60.4 Å². The molecule has 4 rings (SSSR count). The van der Waals surface area contributed by atoms with E-state index in [1.165, 1.54) is 0 Å². The highest BCUT2D eigenvalue weighted by atomic mass is 16.5. The fraction of sp³-hybridized carbons (Fsp3) is 0.222. The number of benzene rings is 1. The minimum absolute atomic E-state index is 0.225. The lowest BCUT2D eigenvalue weighted by atomic mass is 10.1. The highest BCUT2D eigenvalue weighted by Gasteiger charge is 2.10. The summed E-state index contributed by atoms with van der Waals surface area (Å²) in [7, 11) is 1.70. The molecule has 3 N–H and O–H groups in total. The van der Waals surface area contributed by atoms with Crippen molar-refractivity contribution in [1.82, 2.24) is 20.2 Å². The lowest BCUT2D eigenvalue weighted by Crippen LogP contribution is -2.13. The molecule has 0 saturated carbocycles. The van der Waals surface area contributed by atoms with E-state index in [4.69, 9.17) is 15.5 Å². The number of ether oxygens (including phenoxy) is 1. The Morgan fingerprint density at radius 3 is 2.71 bits per heavy atom. The Morgan fingerprint density at radius 2 is 1.94 bits per heavy atom. The zero-order valence-corrected chi connectivity index (χ0v) is 20.4. The van der Waals surface area contributed by atoms with Crippen LogP contribution >= 0.6 is 0 Å². The maximum atomic E-state index is 6.42. The van der Waals surface area contributed by atoms with Crippen molar-refractivity contribution in [1.29, 1.82) is 0 Å². The fourth-order valence-electron chi connectivity index (χ4n) is 3.53. The van der Waals surface area contributed by atoms with Crippen LogP contribution in [0.5, 0.6) is 5.75 Å². The minimum Gasteiger partial charge on any atom is -0.487 e. The third kappa shape index (κ3) is 5.97. The molecule has 8 nitrogen and oxygen atoms in total. The van der Waals surface area contributed by atoms with Crippen LogP contribution in [0.2, 0.25) is 0 Å². The molecule has 0 amide bonds. The van der Waals surface area contributed by atoms with Crippen molar-refractivity contribution in [3.63, 3.8) is 0 Å². The second kappa shape index (κ2) is 10.7. The van der Waals surface area contributed by atoms with Gasteiger partial charge in [0.25, 0.3) is 0 Å². The molecule has 0 radical (unpaired) electrons. The molecule has 0 aliphatic carbocycles. The number of nitrogens with zero attached hydrogens (tertiary/aromatic N) is 5. The molecular formula is C27H29N7O. The van der Waals surface area contributed by atoms with Gasteiger partial charge in [0.05, 0.1) is 22.9 Å². The number of aromatic nitrogens is 4. The lowest BCUT2D eigenvalue weighted by Gasteiger charge is -2.12. The smallest absolute Gasteiger partial charge is 0.154 e. The molecule has 178 valence electrons. The molecule has 0 aliphatic rings. The molecule has 0 unspecified atom stereocenters. The van der Waals surface area contributed by atoms with Crippen molar-refractivity contribution < 1.29 is 4.74 Å². The number of pyridine rings is 2. The number of nitrogens with one attached hydrogen (secondary N) is 1. The Hall–Kier alpha value is -4.33. The maximum Gasteiger partial charge on any atom is 0.154 e. The van der Waals surface area contributed by atoms with E-state index in [1.54, 1.807) is 25.7 Å². The van der Waals surface area contributed by atoms with Crippen LogP contribution in [-0.2, 0) is 0 Å². The summed E-state index contributed by atoms with van der Waals surface area (Å²) in [6, 6.07) is 15.6. The third-order valence-electron chi connectivity index (χ3n) is 5.43. The van der Waals surface area contributed by atoms with E-state index < -0.39 is 0 Å². The first-order valence-corrected chi connectivity index (χ1v) is 11.4. The second-order valence-corrected chi connectivity index (χ2v) is 8.54. The van der Waals surface area contributed by atoms with E-state index in [9.17, 15) is 0 Å². The summed E-state index contributed by atoms with van der Waals surface area (Å²) in [6.45, 7) is 6.48. The molecular weight excluding hydrogens is 438 g/mol. The number of fused-ring (bicyclic) bond motifs is 1. The van der Waals surface area contributed by atoms with Crippen LogP contribution in [0.4, 0.5) is 11.6 Å². The van der Waals surface area contributed by atoms with Crippen molar-refractivity contribution in [3.8, 4) is 5.75 Å². The molecule has 1 aromatic carbocycles. The first-order chi connectivity index (χ1) is 16.9. The Bertz CT molecular complexity index is 1400. The van der Waals surface area contributed by atoms with E-state index in [0.717, 1.165) is 39.0 Å². The lowest BCUT2D eigenvalue weighted by molar-refractivity contribution is 0.351. The maximum absolute atomic E-state index is 6.42. The minimum atomic E-state index is 0.225. The molecule has 0 fully saturated rings. The summed E-state index contributed by atoms with van der Waals surface area (Å²) in [5, 5.41) is 11.5. The summed E-state index contributed by atoms with van der Waals surface area (Å²) < 4.78 is 5.89. The molecule has 0 aliphatic heterocycles. The number of aliphatic imine (C=N–C) groups is 1. The molecule has 35 heavy (non-hydrogen) atoms. The van der Waals surface area contributed by atoms with Gasteiger partial charge < -0.3 is 15.8 Å². The largest absolute Gasteiger partial charge is 0.487 e. The highest BCUT2D eigenvalue weighted by Crippen LogP contribution is 2.23. The van der Waals surface area contributed by atoms with Crippen molar-refractivity contribution in [3.05, 3.63) is 83.3 Å². The average molecular weight is 468 g/mol. The van der Waals surface area contributed by atoms with Crippen molar-refractivity contribution >= 4 is 34.5 Å². The average Bonchev–Trinajstić information content (AvgIpc) is 2.85. The Balaban J connectivity index is 1.61. The first kappa shape index (κ1) is 23.8. The number of hydrogen-bond acceptors (Lipinski definition) is 8. The predicted octanol–water partition coefficient (Wildman–Crippen LogP) is 5.04. The number of aryl methyl sites for hydroxylation is 1. The van der Waals surface area contributed by atoms with Crippen LogP contribution < -0.4 is 15.8 Å². The highest BCUT2D eigenvalue weighted by molar-refractivity contribution is 6.11. The standard InChI is InChI=1S/C27H29N7O/c1-17(2)19-12-27(34-31-14-19)33-26-9-8-24-25(32-26)11-20(13-30-24)22(15-29-4)23(28)16-35-21-7-5-6-18(3)10-21/h5-15,17H,16,28H2,1-4H3,(H,32,33,34). The Kier molecular flexibility index (Phi) is 7.30. The van der Waals surface area contributed by atoms with E-state index in [-0.39, 0.29) is 6.61 Å². The molecule has 0 atom stereocenters. The number of hydrogen-bond donors (Lipinski definition) is 2. The van der Waals surface area contributed by atoms with Gasteiger partial charge in [0.2, 0.25) is 0 Å². The van der Waals surface area contributed by atoms with E-state index in [1.807, 2.05) is 55.5 Å². The van der Waals surface area contributed by atoms with Gasteiger partial charge >= 0.3 is 0 Å². The van der Waals surface area contributed by atoms with Crippen molar-refractivity contribution in [2.75, 3.05) is 19.0 Å². The summed E-state index contributed by atoms with van der Waals surface area (Å²) >= 11 is 0. The summed E-state index contributed by atoms with van der Waals surface area (Å²) in [5.74, 6) is 2.41. The Labute approximate surface area is 205 Å². The first-order valence-electron chi connectivity index (χ1n) is 11.4. The topological polar surface area (TPSA) is 111 Å². The quantitative estimate of drug-likeness (QED) is 0.349. The van der Waals surface area contributed by atoms with Gasteiger partial charge in [-0.25, -0.2) is 4.98 Å². The van der Waals surface area contributed by atoms with Crippen LogP contribution in [0.3, 0.4) is 0 Å². The molecule has 0 spiro atoms. The Morgan fingerprint density at radius 1 is 1.09 bits per heavy atom. The van der Waals surface area contributed by atoms with E-state index in [2.05, 4.69) is 39.3 Å². The van der Waals surface area contributed by atoms with Crippen LogP contribution in [0.1, 0.15) is 36.5 Å².